The molecule has 0 aromatic rings. The first-order valence-corrected chi connectivity index (χ1v) is 42.7. The summed E-state index contributed by atoms with van der Waals surface area (Å²) in [6, 6.07) is 0. The van der Waals surface area contributed by atoms with Gasteiger partial charge >= 0.3 is 39.5 Å². The van der Waals surface area contributed by atoms with Gasteiger partial charge in [0.25, 0.3) is 0 Å². The monoisotopic (exact) mass is 1420 g/mol. The van der Waals surface area contributed by atoms with Gasteiger partial charge in [0.15, 0.2) is 12.2 Å². The van der Waals surface area contributed by atoms with E-state index in [9.17, 15) is 43.2 Å². The minimum absolute atomic E-state index is 0.0993. The van der Waals surface area contributed by atoms with E-state index in [1.807, 2.05) is 0 Å². The Hall–Kier alpha value is -2.46. The molecule has 0 fully saturated rings. The second-order valence-electron chi connectivity index (χ2n) is 28.6. The lowest BCUT2D eigenvalue weighted by atomic mass is 9.99. The van der Waals surface area contributed by atoms with E-state index < -0.39 is 97.5 Å². The zero-order valence-electron chi connectivity index (χ0n) is 63.0. The molecule has 0 aliphatic heterocycles. The van der Waals surface area contributed by atoms with E-state index >= 15 is 0 Å². The van der Waals surface area contributed by atoms with Crippen molar-refractivity contribution >= 4 is 39.5 Å². The molecule has 97 heavy (non-hydrogen) atoms. The van der Waals surface area contributed by atoms with Crippen LogP contribution in [0.2, 0.25) is 0 Å². The molecule has 4 unspecified atom stereocenters. The van der Waals surface area contributed by atoms with Crippen LogP contribution in [-0.2, 0) is 65.4 Å². The molecule has 0 bridgehead atoms. The Labute approximate surface area is 592 Å². The zero-order chi connectivity index (χ0) is 71.6. The lowest BCUT2D eigenvalue weighted by Gasteiger charge is -2.21. The first-order chi connectivity index (χ1) is 46.8. The molecule has 0 heterocycles. The first kappa shape index (κ1) is 94.5. The van der Waals surface area contributed by atoms with Gasteiger partial charge in [0.2, 0.25) is 0 Å². The van der Waals surface area contributed by atoms with Crippen molar-refractivity contribution in [2.24, 2.45) is 17.8 Å². The number of aliphatic hydroxyl groups excluding tert-OH is 1. The fraction of sp³-hybridized carbons (Fsp3) is 0.897. The molecule has 0 saturated heterocycles. The molecular formula is C78H148O17P2. The Bertz CT molecular complexity index is 1980. The van der Waals surface area contributed by atoms with Crippen molar-refractivity contribution in [1.29, 1.82) is 0 Å². The number of carbonyl (C=O) groups excluding carboxylic acids is 4. The van der Waals surface area contributed by atoms with E-state index in [1.165, 1.54) is 161 Å². The largest absolute Gasteiger partial charge is 0.472 e. The van der Waals surface area contributed by atoms with Crippen LogP contribution >= 0.6 is 15.6 Å². The Morgan fingerprint density at radius 2 is 0.608 bits per heavy atom. The highest BCUT2D eigenvalue weighted by molar-refractivity contribution is 7.47. The minimum Gasteiger partial charge on any atom is -0.462 e. The second-order valence-corrected chi connectivity index (χ2v) is 31.5. The summed E-state index contributed by atoms with van der Waals surface area (Å²) in [5.41, 5.74) is 0. The van der Waals surface area contributed by atoms with Crippen molar-refractivity contribution < 1.29 is 80.2 Å². The number of esters is 4. The Balaban J connectivity index is 5.27. The molecule has 0 radical (unpaired) electrons. The number of hydrogen-bond acceptors (Lipinski definition) is 15. The molecule has 6 atom stereocenters. The summed E-state index contributed by atoms with van der Waals surface area (Å²) in [5, 5.41) is 10.6. The average molecular weight is 1420 g/mol. The summed E-state index contributed by atoms with van der Waals surface area (Å²) >= 11 is 0. The number of hydrogen-bond donors (Lipinski definition) is 3. The molecule has 0 aromatic carbocycles. The van der Waals surface area contributed by atoms with Crippen molar-refractivity contribution in [3.63, 3.8) is 0 Å². The van der Waals surface area contributed by atoms with Crippen LogP contribution in [-0.4, -0.2) is 96.7 Å². The molecule has 3 N–H and O–H groups in total. The number of unbranched alkanes of at least 4 members (excludes halogenated alkanes) is 38. The summed E-state index contributed by atoms with van der Waals surface area (Å²) in [7, 11) is -9.93. The maximum absolute atomic E-state index is 13.1. The van der Waals surface area contributed by atoms with Gasteiger partial charge in [0.05, 0.1) is 26.4 Å². The summed E-state index contributed by atoms with van der Waals surface area (Å²) in [4.78, 5) is 72.9. The Kier molecular flexibility index (Phi) is 66.3. The molecule has 0 aliphatic carbocycles. The fourth-order valence-electron chi connectivity index (χ4n) is 11.4. The molecule has 17 nitrogen and oxygen atoms in total. The number of phosphoric ester groups is 2. The SMILES string of the molecule is CCCCCC/C=C\C=C/CCCCCCCC(=O)OC[C@H](COP(=O)(O)OCC(O)COP(=O)(O)OC[C@@H](COC(=O)CCCCCCCCCC(C)C)OC(=O)CCCCCCCCCCCCCCCCC(C)CC)OC(=O)CCCCCCCCCCCCCC(C)C. The average Bonchev–Trinajstić information content (AvgIpc) is 1.76. The van der Waals surface area contributed by atoms with Gasteiger partial charge in [0, 0.05) is 25.7 Å². The van der Waals surface area contributed by atoms with Gasteiger partial charge in [-0.1, -0.05) is 323 Å². The van der Waals surface area contributed by atoms with Crippen LogP contribution in [0.15, 0.2) is 24.3 Å². The Morgan fingerprint density at radius 3 is 0.918 bits per heavy atom. The van der Waals surface area contributed by atoms with Crippen LogP contribution in [0.5, 0.6) is 0 Å². The van der Waals surface area contributed by atoms with Crippen LogP contribution < -0.4 is 0 Å². The number of phosphoric acid groups is 2. The van der Waals surface area contributed by atoms with E-state index in [0.717, 1.165) is 127 Å². The lowest BCUT2D eigenvalue weighted by molar-refractivity contribution is -0.161. The number of ether oxygens (including phenoxy) is 4. The third kappa shape index (κ3) is 70.4. The van der Waals surface area contributed by atoms with Gasteiger partial charge in [-0.3, -0.25) is 37.3 Å². The maximum Gasteiger partial charge on any atom is 0.472 e. The van der Waals surface area contributed by atoms with E-state index in [1.54, 1.807) is 0 Å². The van der Waals surface area contributed by atoms with Crippen LogP contribution in [0.4, 0.5) is 0 Å². The highest BCUT2D eigenvalue weighted by atomic mass is 31.2. The summed E-state index contributed by atoms with van der Waals surface area (Å²) < 4.78 is 68.5. The van der Waals surface area contributed by atoms with Crippen molar-refractivity contribution in [2.45, 2.75) is 394 Å². The van der Waals surface area contributed by atoms with Crippen molar-refractivity contribution in [3.8, 4) is 0 Å². The van der Waals surface area contributed by atoms with Crippen LogP contribution in [0, 0.1) is 17.8 Å². The van der Waals surface area contributed by atoms with E-state index in [0.29, 0.717) is 31.6 Å². The molecule has 0 aliphatic rings. The second kappa shape index (κ2) is 68.0. The van der Waals surface area contributed by atoms with Crippen molar-refractivity contribution in [1.82, 2.24) is 0 Å². The fourth-order valence-corrected chi connectivity index (χ4v) is 13.0. The summed E-state index contributed by atoms with van der Waals surface area (Å²) in [6.07, 6.45) is 57.7. The van der Waals surface area contributed by atoms with Gasteiger partial charge in [-0.15, -0.1) is 0 Å². The van der Waals surface area contributed by atoms with E-state index in [2.05, 4.69) is 72.8 Å². The van der Waals surface area contributed by atoms with E-state index in [4.69, 9.17) is 37.0 Å². The molecule has 572 valence electrons. The zero-order valence-corrected chi connectivity index (χ0v) is 64.8. The van der Waals surface area contributed by atoms with Crippen LogP contribution in [0.1, 0.15) is 376 Å². The van der Waals surface area contributed by atoms with Gasteiger partial charge < -0.3 is 33.8 Å². The number of carbonyl (C=O) groups is 4. The minimum atomic E-state index is -4.97. The van der Waals surface area contributed by atoms with Crippen LogP contribution in [0.3, 0.4) is 0 Å². The third-order valence-electron chi connectivity index (χ3n) is 17.9. The predicted octanol–water partition coefficient (Wildman–Crippen LogP) is 22.5. The number of aliphatic hydroxyl groups is 1. The quantitative estimate of drug-likeness (QED) is 0.0169. The lowest BCUT2D eigenvalue weighted by Crippen LogP contribution is -2.30. The van der Waals surface area contributed by atoms with Gasteiger partial charge in [-0.05, 0) is 69.1 Å². The topological polar surface area (TPSA) is 237 Å². The highest BCUT2D eigenvalue weighted by Crippen LogP contribution is 2.45. The molecule has 0 amide bonds. The van der Waals surface area contributed by atoms with Gasteiger partial charge in [-0.25, -0.2) is 9.13 Å². The maximum atomic E-state index is 13.1. The molecule has 0 spiro atoms. The van der Waals surface area contributed by atoms with Crippen molar-refractivity contribution in [3.05, 3.63) is 24.3 Å². The normalized spacial score (nSPS) is 14.5. The molecular weight excluding hydrogens is 1270 g/mol. The first-order valence-electron chi connectivity index (χ1n) is 39.7. The highest BCUT2D eigenvalue weighted by Gasteiger charge is 2.30. The molecule has 19 heteroatoms. The van der Waals surface area contributed by atoms with E-state index in [-0.39, 0.29) is 25.7 Å². The third-order valence-corrected chi connectivity index (χ3v) is 19.8. The molecule has 0 saturated carbocycles. The van der Waals surface area contributed by atoms with Gasteiger partial charge in [-0.2, -0.15) is 0 Å². The summed E-state index contributed by atoms with van der Waals surface area (Å²) in [5.74, 6) is 0.164. The molecule has 0 rings (SSSR count). The van der Waals surface area contributed by atoms with Crippen LogP contribution in [0.25, 0.3) is 0 Å². The predicted molar refractivity (Wildman–Crippen MR) is 395 cm³/mol. The standard InChI is InChI=1S/C78H148O17P2/c1-8-10-11-12-13-14-15-16-17-21-26-31-38-45-52-59-75(80)88-65-73(94-78(83)62-55-48-40-33-28-23-24-29-35-42-49-56-69(3)4)67-92-96(84,85)90-63-72(79)64-91-97(86,87)93-68-74(66-89-76(81)60-53-46-41-34-36-43-50-57-70(5)6)95-77(82)61-54-47-39-32-27-22-19-18-20-25-30-37-44-51-58-71(7)9-2/h14-17,69-74,79H,8-13,18-68H2,1-7H3,(H,84,85)(H,86,87)/b15-14-,17-16-/t71?,72?,73-,74-/m1/s1. The Morgan fingerprint density at radius 1 is 0.340 bits per heavy atom. The van der Waals surface area contributed by atoms with Crippen molar-refractivity contribution in [2.75, 3.05) is 39.6 Å². The van der Waals surface area contributed by atoms with Gasteiger partial charge in [0.1, 0.15) is 19.3 Å². The summed E-state index contributed by atoms with van der Waals surface area (Å²) in [6.45, 7) is 11.8. The molecule has 0 aromatic heterocycles. The number of allylic oxidation sites excluding steroid dienone is 4. The number of rotatable bonds is 74. The smallest absolute Gasteiger partial charge is 0.462 e.